The molecule has 1 nitrogen and oxygen atoms in total. The molecule has 1 aliphatic heterocycles. The molecule has 3 aromatic carbocycles. The molecule has 112 valence electrons. The van der Waals surface area contributed by atoms with Crippen molar-refractivity contribution in [1.29, 1.82) is 0 Å². The van der Waals surface area contributed by atoms with E-state index < -0.39 is 0 Å². The van der Waals surface area contributed by atoms with Gasteiger partial charge in [-0.25, -0.2) is 0 Å². The summed E-state index contributed by atoms with van der Waals surface area (Å²) >= 11 is 7.97. The second kappa shape index (κ2) is 6.23. The molecule has 0 N–H and O–H groups in total. The Morgan fingerprint density at radius 1 is 0.826 bits per heavy atom. The highest BCUT2D eigenvalue weighted by Gasteiger charge is 2.26. The van der Waals surface area contributed by atoms with E-state index in [1.165, 1.54) is 5.56 Å². The van der Waals surface area contributed by atoms with Crippen LogP contribution in [-0.2, 0) is 0 Å². The summed E-state index contributed by atoms with van der Waals surface area (Å²) in [7, 11) is 0. The lowest BCUT2D eigenvalue weighted by atomic mass is 10.0. The maximum Gasteiger partial charge on any atom is 0.0773 e. The van der Waals surface area contributed by atoms with Gasteiger partial charge in [-0.1, -0.05) is 72.3 Å². The molecule has 0 aromatic heterocycles. The number of benzene rings is 3. The van der Waals surface area contributed by atoms with E-state index in [9.17, 15) is 0 Å². The van der Waals surface area contributed by atoms with Gasteiger partial charge in [-0.2, -0.15) is 0 Å². The number of thioether (sulfide) groups is 1. The van der Waals surface area contributed by atoms with Crippen LogP contribution in [0.5, 0.6) is 0 Å². The Kier molecular flexibility index (Phi) is 3.94. The zero-order valence-corrected chi connectivity index (χ0v) is 13.9. The van der Waals surface area contributed by atoms with Crippen LogP contribution in [0.25, 0.3) is 0 Å². The van der Waals surface area contributed by atoms with Crippen LogP contribution in [0.2, 0.25) is 5.02 Å². The highest BCUT2D eigenvalue weighted by molar-refractivity contribution is 8.00. The molecule has 1 unspecified atom stereocenters. The zero-order chi connectivity index (χ0) is 15.6. The molecule has 1 heterocycles. The number of rotatable bonds is 2. The number of fused-ring (bicyclic) bond motifs is 1. The van der Waals surface area contributed by atoms with Gasteiger partial charge in [0.25, 0.3) is 0 Å². The Morgan fingerprint density at radius 3 is 2.26 bits per heavy atom. The predicted molar refractivity (Wildman–Crippen MR) is 99.1 cm³/mol. The van der Waals surface area contributed by atoms with Gasteiger partial charge in [0.2, 0.25) is 0 Å². The van der Waals surface area contributed by atoms with Gasteiger partial charge in [0.05, 0.1) is 16.6 Å². The Morgan fingerprint density at radius 2 is 1.52 bits per heavy atom. The van der Waals surface area contributed by atoms with Crippen LogP contribution in [0.3, 0.4) is 0 Å². The summed E-state index contributed by atoms with van der Waals surface area (Å²) in [4.78, 5) is 6.08. The van der Waals surface area contributed by atoms with Gasteiger partial charge in [-0.15, -0.1) is 11.8 Å². The zero-order valence-electron chi connectivity index (χ0n) is 12.3. The van der Waals surface area contributed by atoms with E-state index in [2.05, 4.69) is 48.5 Å². The van der Waals surface area contributed by atoms with Gasteiger partial charge in [0.1, 0.15) is 0 Å². The van der Waals surface area contributed by atoms with Crippen molar-refractivity contribution in [3.63, 3.8) is 0 Å². The number of nitrogens with zero attached hydrogens (tertiary/aromatic N) is 1. The maximum atomic E-state index is 6.16. The van der Waals surface area contributed by atoms with E-state index in [4.69, 9.17) is 16.6 Å². The Hall–Kier alpha value is -2.03. The van der Waals surface area contributed by atoms with Crippen molar-refractivity contribution in [2.45, 2.75) is 10.1 Å². The van der Waals surface area contributed by atoms with E-state index in [0.717, 1.165) is 26.9 Å². The van der Waals surface area contributed by atoms with Crippen LogP contribution in [0.15, 0.2) is 88.8 Å². The van der Waals surface area contributed by atoms with E-state index >= 15 is 0 Å². The molecule has 0 radical (unpaired) electrons. The minimum atomic E-state index is 0.171. The first kappa shape index (κ1) is 14.6. The molecule has 0 fully saturated rings. The summed E-state index contributed by atoms with van der Waals surface area (Å²) in [6.45, 7) is 0. The van der Waals surface area contributed by atoms with Crippen LogP contribution in [0, 0.1) is 0 Å². The minimum absolute atomic E-state index is 0.171. The molecule has 0 spiro atoms. The van der Waals surface area contributed by atoms with Gasteiger partial charge < -0.3 is 0 Å². The molecular weight excluding hydrogens is 322 g/mol. The third-order valence-corrected chi connectivity index (χ3v) is 5.37. The molecule has 3 heteroatoms. The molecule has 4 rings (SSSR count). The smallest absolute Gasteiger partial charge is 0.0773 e. The lowest BCUT2D eigenvalue weighted by Crippen LogP contribution is -2.13. The summed E-state index contributed by atoms with van der Waals surface area (Å²) in [5.74, 6) is 0. The van der Waals surface area contributed by atoms with Crippen LogP contribution in [0.1, 0.15) is 16.4 Å². The molecule has 1 aliphatic rings. The highest BCUT2D eigenvalue weighted by Crippen LogP contribution is 2.47. The third-order valence-electron chi connectivity index (χ3n) is 3.83. The minimum Gasteiger partial charge on any atom is -0.250 e. The van der Waals surface area contributed by atoms with Gasteiger partial charge in [-0.05, 0) is 29.3 Å². The molecule has 0 saturated heterocycles. The van der Waals surface area contributed by atoms with E-state index in [-0.39, 0.29) is 5.25 Å². The van der Waals surface area contributed by atoms with Crippen LogP contribution in [-0.4, -0.2) is 5.71 Å². The molecule has 0 saturated carbocycles. The Balaban J connectivity index is 1.88. The van der Waals surface area contributed by atoms with Crippen molar-refractivity contribution < 1.29 is 0 Å². The molecule has 23 heavy (non-hydrogen) atoms. The molecule has 0 amide bonds. The monoisotopic (exact) mass is 335 g/mol. The fourth-order valence-corrected chi connectivity index (χ4v) is 4.24. The fraction of sp³-hybridized carbons (Fsp3) is 0.0500. The average molecular weight is 336 g/mol. The topological polar surface area (TPSA) is 12.4 Å². The first-order valence-corrected chi connectivity index (χ1v) is 8.72. The lowest BCUT2D eigenvalue weighted by molar-refractivity contribution is 1.21. The van der Waals surface area contributed by atoms with Gasteiger partial charge in [-0.3, -0.25) is 4.99 Å². The molecule has 1 atom stereocenters. The highest BCUT2D eigenvalue weighted by atomic mass is 35.5. The maximum absolute atomic E-state index is 6.16. The molecule has 0 aliphatic carbocycles. The summed E-state index contributed by atoms with van der Waals surface area (Å²) in [5, 5.41) is 0.922. The van der Waals surface area contributed by atoms with E-state index in [1.807, 2.05) is 42.1 Å². The first-order chi connectivity index (χ1) is 11.3. The average Bonchev–Trinajstić information content (AvgIpc) is 2.62. The second-order valence-corrected chi connectivity index (χ2v) is 6.97. The number of halogens is 1. The SMILES string of the molecule is Clc1ccc2c(c1)SC(c1ccccc1)C(c1ccccc1)=N2. The molecular formula is C20H14ClNS. The van der Waals surface area contributed by atoms with Crippen LogP contribution in [0.4, 0.5) is 5.69 Å². The Labute approximate surface area is 145 Å². The van der Waals surface area contributed by atoms with Crippen molar-refractivity contribution >= 4 is 34.8 Å². The standard InChI is InChI=1S/C20H14ClNS/c21-16-11-12-17-18(13-16)23-20(15-9-5-2-6-10-15)19(22-17)14-7-3-1-4-8-14/h1-13,20H. The molecule has 3 aromatic rings. The van der Waals surface area contributed by atoms with E-state index in [1.54, 1.807) is 0 Å². The third kappa shape index (κ3) is 2.92. The quantitative estimate of drug-likeness (QED) is 0.534. The number of hydrogen-bond acceptors (Lipinski definition) is 2. The lowest BCUT2D eigenvalue weighted by Gasteiger charge is -2.25. The van der Waals surface area contributed by atoms with Gasteiger partial charge >= 0.3 is 0 Å². The predicted octanol–water partition coefficient (Wildman–Crippen LogP) is 6.31. The second-order valence-electron chi connectivity index (χ2n) is 5.38. The van der Waals surface area contributed by atoms with Crippen LogP contribution >= 0.6 is 23.4 Å². The van der Waals surface area contributed by atoms with Gasteiger partial charge in [0, 0.05) is 9.92 Å². The normalized spacial score (nSPS) is 16.6. The summed E-state index contributed by atoms with van der Waals surface area (Å²) < 4.78 is 0. The van der Waals surface area contributed by atoms with Gasteiger partial charge in [0.15, 0.2) is 0 Å². The largest absolute Gasteiger partial charge is 0.250 e. The summed E-state index contributed by atoms with van der Waals surface area (Å²) in [6, 6.07) is 26.8. The summed E-state index contributed by atoms with van der Waals surface area (Å²) in [5.41, 5.74) is 4.50. The van der Waals surface area contributed by atoms with Crippen molar-refractivity contribution in [2.24, 2.45) is 4.99 Å². The summed E-state index contributed by atoms with van der Waals surface area (Å²) in [6.07, 6.45) is 0. The van der Waals surface area contributed by atoms with E-state index in [0.29, 0.717) is 0 Å². The molecule has 0 bridgehead atoms. The number of hydrogen-bond donors (Lipinski definition) is 0. The van der Waals surface area contributed by atoms with Crippen molar-refractivity contribution in [3.05, 3.63) is 95.0 Å². The number of aliphatic imine (C=N–C) groups is 1. The van der Waals surface area contributed by atoms with Crippen molar-refractivity contribution in [1.82, 2.24) is 0 Å². The van der Waals surface area contributed by atoms with Crippen molar-refractivity contribution in [2.75, 3.05) is 0 Å². The van der Waals surface area contributed by atoms with Crippen LogP contribution < -0.4 is 0 Å². The van der Waals surface area contributed by atoms with Crippen molar-refractivity contribution in [3.8, 4) is 0 Å². The first-order valence-electron chi connectivity index (χ1n) is 7.46. The Bertz CT molecular complexity index is 859. The fourth-order valence-electron chi connectivity index (χ4n) is 2.72.